The van der Waals surface area contributed by atoms with Crippen molar-refractivity contribution in [2.24, 2.45) is 0 Å². The van der Waals surface area contributed by atoms with E-state index in [0.717, 1.165) is 16.8 Å². The molecule has 2 aromatic rings. The van der Waals surface area contributed by atoms with Crippen molar-refractivity contribution in [3.05, 3.63) is 40.6 Å². The summed E-state index contributed by atoms with van der Waals surface area (Å²) in [6.45, 7) is 4.84. The molecular formula is C19H25N5O3S. The Morgan fingerprint density at radius 3 is 2.82 bits per heavy atom. The van der Waals surface area contributed by atoms with Crippen molar-refractivity contribution >= 4 is 27.4 Å². The molecule has 0 bridgehead atoms. The van der Waals surface area contributed by atoms with Crippen molar-refractivity contribution in [3.8, 4) is 0 Å². The number of rotatable bonds is 2. The summed E-state index contributed by atoms with van der Waals surface area (Å²) in [5.41, 5.74) is 10.7. The number of benzene rings is 1. The second kappa shape index (κ2) is 6.59. The van der Waals surface area contributed by atoms with Gasteiger partial charge in [0.2, 0.25) is 10.0 Å². The van der Waals surface area contributed by atoms with Crippen LogP contribution in [0.1, 0.15) is 52.5 Å². The molecule has 2 aliphatic rings. The molecule has 0 aliphatic carbocycles. The van der Waals surface area contributed by atoms with Crippen molar-refractivity contribution in [2.75, 3.05) is 30.4 Å². The molecular weight excluding hydrogens is 378 g/mol. The number of nitrogens with one attached hydrogen (secondary N) is 1. The van der Waals surface area contributed by atoms with Gasteiger partial charge >= 0.3 is 0 Å². The number of aromatic nitrogens is 2. The Morgan fingerprint density at radius 1 is 1.36 bits per heavy atom. The van der Waals surface area contributed by atoms with Gasteiger partial charge in [0, 0.05) is 30.8 Å². The van der Waals surface area contributed by atoms with Crippen LogP contribution in [0.2, 0.25) is 0 Å². The summed E-state index contributed by atoms with van der Waals surface area (Å²) in [4.78, 5) is 13.4. The summed E-state index contributed by atoms with van der Waals surface area (Å²) in [6.07, 6.45) is 2.29. The number of hydrogen-bond donors (Lipinski definition) is 2. The first kappa shape index (κ1) is 18.9. The Hall–Kier alpha value is -2.39. The number of nitrogens with two attached hydrogens (primary N) is 1. The fourth-order valence-corrected chi connectivity index (χ4v) is 5.53. The van der Waals surface area contributed by atoms with Crippen LogP contribution in [0.4, 0.5) is 11.5 Å². The van der Waals surface area contributed by atoms with Crippen molar-refractivity contribution < 1.29 is 13.2 Å². The van der Waals surface area contributed by atoms with E-state index in [0.29, 0.717) is 37.2 Å². The number of carbonyl (C=O) groups is 1. The Labute approximate surface area is 164 Å². The largest absolute Gasteiger partial charge is 0.385 e. The van der Waals surface area contributed by atoms with Gasteiger partial charge in [-0.2, -0.15) is 14.1 Å². The molecule has 3 N–H and O–H groups in total. The second-order valence-electron chi connectivity index (χ2n) is 7.60. The lowest BCUT2D eigenvalue weighted by molar-refractivity contribution is 0.0859. The van der Waals surface area contributed by atoms with Crippen molar-refractivity contribution in [2.45, 2.75) is 38.6 Å². The van der Waals surface area contributed by atoms with Crippen LogP contribution in [0.5, 0.6) is 0 Å². The molecule has 4 rings (SSSR count). The molecule has 1 aromatic heterocycles. The zero-order valence-corrected chi connectivity index (χ0v) is 17.1. The number of fused-ring (bicyclic) bond motifs is 2. The molecule has 28 heavy (non-hydrogen) atoms. The van der Waals surface area contributed by atoms with E-state index in [4.69, 9.17) is 5.73 Å². The average molecular weight is 404 g/mol. The number of aryl methyl sites for hydroxylation is 1. The van der Waals surface area contributed by atoms with Crippen LogP contribution in [0, 0.1) is 6.92 Å². The molecule has 8 nitrogen and oxygen atoms in total. The van der Waals surface area contributed by atoms with Crippen molar-refractivity contribution in [3.63, 3.8) is 0 Å². The van der Waals surface area contributed by atoms with Crippen LogP contribution >= 0.6 is 0 Å². The predicted molar refractivity (Wildman–Crippen MR) is 108 cm³/mol. The molecule has 0 radical (unpaired) electrons. The lowest BCUT2D eigenvalue weighted by Gasteiger charge is -2.30. The van der Waals surface area contributed by atoms with Gasteiger partial charge in [0.15, 0.2) is 0 Å². The third-order valence-corrected chi connectivity index (χ3v) is 7.15. The van der Waals surface area contributed by atoms with E-state index in [9.17, 15) is 13.2 Å². The number of nitrogen functional groups attached to an aromatic ring is 1. The average Bonchev–Trinajstić information content (AvgIpc) is 2.98. The zero-order valence-electron chi connectivity index (χ0n) is 16.3. The highest BCUT2D eigenvalue weighted by Crippen LogP contribution is 2.38. The van der Waals surface area contributed by atoms with E-state index >= 15 is 0 Å². The Balaban J connectivity index is 1.74. The molecule has 0 spiro atoms. The summed E-state index contributed by atoms with van der Waals surface area (Å²) in [7, 11) is -3.36. The molecule has 2 aliphatic heterocycles. The van der Waals surface area contributed by atoms with Crippen LogP contribution in [-0.4, -0.2) is 47.8 Å². The van der Waals surface area contributed by atoms with E-state index in [-0.39, 0.29) is 17.6 Å². The maximum absolute atomic E-state index is 13.4. The van der Waals surface area contributed by atoms with Crippen LogP contribution in [0.3, 0.4) is 0 Å². The van der Waals surface area contributed by atoms with Gasteiger partial charge in [0.05, 0.1) is 23.9 Å². The van der Waals surface area contributed by atoms with E-state index < -0.39 is 16.1 Å². The maximum atomic E-state index is 13.4. The minimum Gasteiger partial charge on any atom is -0.385 e. The fourth-order valence-electron chi connectivity index (χ4n) is 4.43. The number of carbonyl (C=O) groups excluding carboxylic acids is 1. The molecule has 2 atom stereocenters. The first-order valence-electron chi connectivity index (χ1n) is 9.41. The Bertz CT molecular complexity index is 1060. The molecule has 3 heterocycles. The molecule has 0 saturated carbocycles. The highest BCUT2D eigenvalue weighted by atomic mass is 32.2. The minimum absolute atomic E-state index is 0.168. The predicted octanol–water partition coefficient (Wildman–Crippen LogP) is 1.89. The summed E-state index contributed by atoms with van der Waals surface area (Å²) < 4.78 is 26.8. The smallest absolute Gasteiger partial charge is 0.256 e. The van der Waals surface area contributed by atoms with E-state index in [1.54, 1.807) is 6.92 Å². The number of anilines is 2. The zero-order chi connectivity index (χ0) is 20.2. The van der Waals surface area contributed by atoms with Gasteiger partial charge in [0.25, 0.3) is 5.91 Å². The minimum atomic E-state index is -3.36. The highest BCUT2D eigenvalue weighted by molar-refractivity contribution is 7.88. The fraction of sp³-hybridized carbons (Fsp3) is 0.474. The van der Waals surface area contributed by atoms with Gasteiger partial charge in [-0.3, -0.25) is 4.79 Å². The van der Waals surface area contributed by atoms with Crippen LogP contribution in [-0.2, 0) is 16.4 Å². The van der Waals surface area contributed by atoms with Gasteiger partial charge < -0.3 is 11.1 Å². The molecule has 150 valence electrons. The normalized spacial score (nSPS) is 22.2. The Kier molecular flexibility index (Phi) is 4.46. The third-order valence-electron chi connectivity index (χ3n) is 5.80. The van der Waals surface area contributed by atoms with Crippen LogP contribution in [0.15, 0.2) is 18.2 Å². The Morgan fingerprint density at radius 2 is 2.11 bits per heavy atom. The number of para-hydroxylation sites is 1. The van der Waals surface area contributed by atoms with E-state index in [1.807, 2.05) is 25.1 Å². The molecule has 2 unspecified atom stereocenters. The monoisotopic (exact) mass is 403 g/mol. The van der Waals surface area contributed by atoms with Gasteiger partial charge in [-0.15, -0.1) is 0 Å². The molecule has 0 saturated heterocycles. The standard InChI is InChI=1S/C19H25N5O3S/c1-11-5-4-6-13-14(7-9-21-17(11)13)19(25)24-18(20)16-12(2)23(28(3,26)27)10-8-15(16)22-24/h4-6,12,14,21H,7-10,20H2,1-3H3. The number of sulfonamides is 1. The van der Waals surface area contributed by atoms with E-state index in [2.05, 4.69) is 10.4 Å². The number of hydrogen-bond acceptors (Lipinski definition) is 6. The summed E-state index contributed by atoms with van der Waals surface area (Å²) in [5, 5.41) is 7.86. The molecule has 9 heteroatoms. The van der Waals surface area contributed by atoms with E-state index in [1.165, 1.54) is 15.2 Å². The summed E-state index contributed by atoms with van der Waals surface area (Å²) >= 11 is 0. The first-order chi connectivity index (χ1) is 13.2. The lowest BCUT2D eigenvalue weighted by atomic mass is 9.88. The van der Waals surface area contributed by atoms with Crippen LogP contribution < -0.4 is 11.1 Å². The van der Waals surface area contributed by atoms with Gasteiger partial charge in [-0.05, 0) is 31.4 Å². The topological polar surface area (TPSA) is 110 Å². The third kappa shape index (κ3) is 2.89. The molecule has 0 amide bonds. The molecule has 1 aromatic carbocycles. The lowest BCUT2D eigenvalue weighted by Crippen LogP contribution is -2.38. The van der Waals surface area contributed by atoms with Crippen LogP contribution in [0.25, 0.3) is 0 Å². The van der Waals surface area contributed by atoms with Crippen molar-refractivity contribution in [1.29, 1.82) is 0 Å². The van der Waals surface area contributed by atoms with Gasteiger partial charge in [-0.1, -0.05) is 18.2 Å². The van der Waals surface area contributed by atoms with Gasteiger partial charge in [0.1, 0.15) is 5.82 Å². The summed E-state index contributed by atoms with van der Waals surface area (Å²) in [5.74, 6) is -0.256. The SMILES string of the molecule is Cc1cccc2c1NCCC2C(=O)n1nc2c(c1N)C(C)N(S(C)(=O)=O)CC2. The van der Waals surface area contributed by atoms with Gasteiger partial charge in [-0.25, -0.2) is 8.42 Å². The first-order valence-corrected chi connectivity index (χ1v) is 11.3. The highest BCUT2D eigenvalue weighted by Gasteiger charge is 2.37. The maximum Gasteiger partial charge on any atom is 0.256 e. The quantitative estimate of drug-likeness (QED) is 0.792. The molecule has 0 fully saturated rings. The number of nitrogens with zero attached hydrogens (tertiary/aromatic N) is 3. The summed E-state index contributed by atoms with van der Waals surface area (Å²) in [6, 6.07) is 5.49. The van der Waals surface area contributed by atoms with Crippen molar-refractivity contribution in [1.82, 2.24) is 14.1 Å². The second-order valence-corrected chi connectivity index (χ2v) is 9.54.